The summed E-state index contributed by atoms with van der Waals surface area (Å²) < 4.78 is 11.0. The summed E-state index contributed by atoms with van der Waals surface area (Å²) in [5.74, 6) is 0.491. The topological polar surface area (TPSA) is 62.8 Å². The van der Waals surface area contributed by atoms with Gasteiger partial charge >= 0.3 is 6.03 Å². The molecule has 0 bridgehead atoms. The number of carbonyl (C=O) groups excluding carboxylic acids is 1. The Morgan fingerprint density at radius 2 is 2.17 bits per heavy atom. The summed E-state index contributed by atoms with van der Waals surface area (Å²) in [7, 11) is 0. The Morgan fingerprint density at radius 1 is 1.30 bits per heavy atom. The van der Waals surface area contributed by atoms with Crippen LogP contribution in [-0.4, -0.2) is 63.0 Å². The zero-order valence-corrected chi connectivity index (χ0v) is 14.1. The highest BCUT2D eigenvalue weighted by Gasteiger charge is 2.31. The molecular weight excluding hydrogens is 314 g/mol. The predicted octanol–water partition coefficient (Wildman–Crippen LogP) is 1.28. The van der Waals surface area contributed by atoms with Gasteiger partial charge in [-0.05, 0) is 17.9 Å². The molecule has 128 valence electrons. The van der Waals surface area contributed by atoms with Gasteiger partial charge in [-0.25, -0.2) is 4.79 Å². The number of amides is 2. The van der Waals surface area contributed by atoms with Crippen LogP contribution >= 0.6 is 11.3 Å². The van der Waals surface area contributed by atoms with E-state index in [0.29, 0.717) is 25.0 Å². The van der Waals surface area contributed by atoms with Crippen LogP contribution in [0.3, 0.4) is 0 Å². The molecule has 3 rings (SSSR count). The van der Waals surface area contributed by atoms with Crippen molar-refractivity contribution in [2.24, 2.45) is 5.92 Å². The van der Waals surface area contributed by atoms with Gasteiger partial charge in [0.2, 0.25) is 0 Å². The first-order valence-corrected chi connectivity index (χ1v) is 9.14. The van der Waals surface area contributed by atoms with Crippen molar-refractivity contribution in [1.82, 2.24) is 15.5 Å². The van der Waals surface area contributed by atoms with Gasteiger partial charge in [-0.1, -0.05) is 6.07 Å². The van der Waals surface area contributed by atoms with Crippen molar-refractivity contribution in [2.45, 2.75) is 19.0 Å². The van der Waals surface area contributed by atoms with Gasteiger partial charge in [-0.2, -0.15) is 0 Å². The third kappa shape index (κ3) is 4.91. The van der Waals surface area contributed by atoms with Gasteiger partial charge in [0.15, 0.2) is 0 Å². The van der Waals surface area contributed by atoms with Crippen molar-refractivity contribution in [3.8, 4) is 0 Å². The van der Waals surface area contributed by atoms with Crippen LogP contribution in [0.25, 0.3) is 0 Å². The van der Waals surface area contributed by atoms with E-state index in [4.69, 9.17) is 9.47 Å². The number of ether oxygens (including phenoxy) is 2. The maximum absolute atomic E-state index is 12.0. The molecule has 2 saturated heterocycles. The summed E-state index contributed by atoms with van der Waals surface area (Å²) in [5, 5.41) is 7.97. The number of nitrogens with one attached hydrogen (secondary N) is 2. The number of morpholine rings is 1. The molecule has 2 amide bonds. The first kappa shape index (κ1) is 16.7. The lowest BCUT2D eigenvalue weighted by atomic mass is 9.97. The van der Waals surface area contributed by atoms with Crippen LogP contribution in [-0.2, 0) is 16.0 Å². The van der Waals surface area contributed by atoms with E-state index in [1.165, 1.54) is 0 Å². The number of nitrogens with zero attached hydrogens (tertiary/aromatic N) is 1. The number of hydrogen-bond donors (Lipinski definition) is 2. The molecule has 2 N–H and O–H groups in total. The molecule has 1 aromatic heterocycles. The van der Waals surface area contributed by atoms with E-state index in [9.17, 15) is 4.79 Å². The molecule has 0 aliphatic carbocycles. The fraction of sp³-hybridized carbons (Fsp3) is 0.688. The van der Waals surface area contributed by atoms with E-state index in [1.54, 1.807) is 11.3 Å². The Kier molecular flexibility index (Phi) is 6.27. The quantitative estimate of drug-likeness (QED) is 0.820. The normalized spacial score (nSPS) is 23.6. The van der Waals surface area contributed by atoms with E-state index in [2.05, 4.69) is 15.5 Å². The zero-order valence-electron chi connectivity index (χ0n) is 13.3. The minimum Gasteiger partial charge on any atom is -0.381 e. The molecule has 1 aromatic rings. The van der Waals surface area contributed by atoms with E-state index >= 15 is 0 Å². The number of urea groups is 1. The number of rotatable bonds is 6. The van der Waals surface area contributed by atoms with Crippen molar-refractivity contribution in [3.63, 3.8) is 0 Å². The van der Waals surface area contributed by atoms with Crippen LogP contribution in [0.15, 0.2) is 17.5 Å². The minimum absolute atomic E-state index is 0.101. The highest BCUT2D eigenvalue weighted by Crippen LogP contribution is 2.21. The van der Waals surface area contributed by atoms with E-state index in [1.807, 2.05) is 17.5 Å². The van der Waals surface area contributed by atoms with Gasteiger partial charge in [0.25, 0.3) is 0 Å². The number of hydrogen-bond acceptors (Lipinski definition) is 5. The van der Waals surface area contributed by atoms with Gasteiger partial charge in [-0.15, -0.1) is 11.3 Å². The molecule has 23 heavy (non-hydrogen) atoms. The molecule has 0 spiro atoms. The van der Waals surface area contributed by atoms with Crippen molar-refractivity contribution < 1.29 is 14.3 Å². The second-order valence-corrected chi connectivity index (χ2v) is 7.01. The molecule has 6 nitrogen and oxygen atoms in total. The van der Waals surface area contributed by atoms with Crippen molar-refractivity contribution >= 4 is 17.4 Å². The maximum atomic E-state index is 12.0. The Hall–Kier alpha value is -1.15. The fourth-order valence-electron chi connectivity index (χ4n) is 3.20. The summed E-state index contributed by atoms with van der Waals surface area (Å²) in [6, 6.07) is 4.25. The summed E-state index contributed by atoms with van der Waals surface area (Å²) in [6.07, 6.45) is 1.07. The lowest BCUT2D eigenvalue weighted by Gasteiger charge is -2.37. The Balaban J connectivity index is 1.47. The molecule has 2 aliphatic heterocycles. The minimum atomic E-state index is -0.101. The molecule has 2 aliphatic rings. The van der Waals surface area contributed by atoms with Gasteiger partial charge in [0, 0.05) is 43.1 Å². The third-order valence-electron chi connectivity index (χ3n) is 4.50. The second kappa shape index (κ2) is 8.63. The second-order valence-electron chi connectivity index (χ2n) is 5.98. The molecular formula is C16H25N3O3S. The molecule has 0 radical (unpaired) electrons. The highest BCUT2D eigenvalue weighted by molar-refractivity contribution is 7.09. The molecule has 2 fully saturated rings. The van der Waals surface area contributed by atoms with Gasteiger partial charge in [0.1, 0.15) is 0 Å². The van der Waals surface area contributed by atoms with Crippen LogP contribution in [0.4, 0.5) is 4.79 Å². The fourth-order valence-corrected chi connectivity index (χ4v) is 3.84. The van der Waals surface area contributed by atoms with E-state index in [-0.39, 0.29) is 6.03 Å². The number of carbonyl (C=O) groups is 1. The number of thiophene rings is 1. The van der Waals surface area contributed by atoms with Crippen LogP contribution in [0, 0.1) is 5.92 Å². The van der Waals surface area contributed by atoms with Crippen molar-refractivity contribution in [2.75, 3.05) is 46.1 Å². The van der Waals surface area contributed by atoms with E-state index in [0.717, 1.165) is 50.8 Å². The summed E-state index contributed by atoms with van der Waals surface area (Å²) in [4.78, 5) is 15.6. The molecule has 0 aromatic carbocycles. The summed E-state index contributed by atoms with van der Waals surface area (Å²) >= 11 is 1.65. The van der Waals surface area contributed by atoms with Crippen LogP contribution in [0.2, 0.25) is 0 Å². The smallest absolute Gasteiger partial charge is 0.315 e. The van der Waals surface area contributed by atoms with E-state index < -0.39 is 0 Å². The molecule has 0 saturated carbocycles. The van der Waals surface area contributed by atoms with Gasteiger partial charge in [-0.3, -0.25) is 4.90 Å². The average Bonchev–Trinajstić information content (AvgIpc) is 3.28. The molecule has 0 unspecified atom stereocenters. The lowest BCUT2D eigenvalue weighted by molar-refractivity contribution is 0.00212. The average molecular weight is 339 g/mol. The van der Waals surface area contributed by atoms with Crippen molar-refractivity contribution in [3.05, 3.63) is 22.4 Å². The summed E-state index contributed by atoms with van der Waals surface area (Å²) in [6.45, 7) is 6.27. The lowest BCUT2D eigenvalue weighted by Crippen LogP contribution is -2.53. The van der Waals surface area contributed by atoms with Crippen molar-refractivity contribution in [1.29, 1.82) is 0 Å². The SMILES string of the molecule is O=C(NCc1cccs1)NC[C@@H]([C@@H]1CCOC1)N1CCOCC1. The Bertz CT molecular complexity index is 471. The first-order chi connectivity index (χ1) is 11.3. The first-order valence-electron chi connectivity index (χ1n) is 8.26. The zero-order chi connectivity index (χ0) is 15.9. The largest absolute Gasteiger partial charge is 0.381 e. The Labute approximate surface area is 141 Å². The van der Waals surface area contributed by atoms with Crippen LogP contribution < -0.4 is 10.6 Å². The van der Waals surface area contributed by atoms with Gasteiger partial charge < -0.3 is 20.1 Å². The van der Waals surface area contributed by atoms with Crippen LogP contribution in [0.5, 0.6) is 0 Å². The molecule has 3 heterocycles. The highest BCUT2D eigenvalue weighted by atomic mass is 32.1. The summed E-state index contributed by atoms with van der Waals surface area (Å²) in [5.41, 5.74) is 0. The Morgan fingerprint density at radius 3 is 2.87 bits per heavy atom. The van der Waals surface area contributed by atoms with Crippen LogP contribution in [0.1, 0.15) is 11.3 Å². The molecule has 2 atom stereocenters. The maximum Gasteiger partial charge on any atom is 0.315 e. The monoisotopic (exact) mass is 339 g/mol. The standard InChI is InChI=1S/C16H25N3O3S/c20-16(17-10-14-2-1-9-23-14)18-11-15(13-3-6-22-12-13)19-4-7-21-8-5-19/h1-2,9,13,15H,3-8,10-12H2,(H2,17,18,20)/t13-,15+/m1/s1. The molecule has 7 heteroatoms. The third-order valence-corrected chi connectivity index (χ3v) is 5.38. The predicted molar refractivity (Wildman–Crippen MR) is 89.7 cm³/mol. The van der Waals surface area contributed by atoms with Gasteiger partial charge in [0.05, 0.1) is 26.4 Å².